The summed E-state index contributed by atoms with van der Waals surface area (Å²) in [4.78, 5) is 11.9. The highest BCUT2D eigenvalue weighted by molar-refractivity contribution is 7.80. The molecule has 0 spiro atoms. The smallest absolute Gasteiger partial charge is 0.416 e. The van der Waals surface area contributed by atoms with Crippen LogP contribution in [-0.2, 0) is 17.1 Å². The summed E-state index contributed by atoms with van der Waals surface area (Å²) < 4.78 is 82.4. The van der Waals surface area contributed by atoms with E-state index in [1.165, 1.54) is 18.2 Å². The molecular formula is C17H10Cl2F6N2O2S. The van der Waals surface area contributed by atoms with Gasteiger partial charge in [0.2, 0.25) is 0 Å². The zero-order valence-corrected chi connectivity index (χ0v) is 16.7. The predicted molar refractivity (Wildman–Crippen MR) is 103 cm³/mol. The predicted octanol–water partition coefficient (Wildman–Crippen LogP) is 5.92. The Balaban J connectivity index is 2.05. The number of anilines is 1. The highest BCUT2D eigenvalue weighted by Gasteiger charge is 2.37. The number of alkyl halides is 6. The van der Waals surface area contributed by atoms with Crippen molar-refractivity contribution >= 4 is 52.1 Å². The monoisotopic (exact) mass is 490 g/mol. The summed E-state index contributed by atoms with van der Waals surface area (Å²) in [6, 6.07) is 5.05. The molecule has 0 heterocycles. The van der Waals surface area contributed by atoms with Gasteiger partial charge in [-0.2, -0.15) is 26.3 Å². The average molecular weight is 491 g/mol. The standard InChI is InChI=1S/C17H10Cl2F6N2O2S/c18-10-1-2-13(12(19)6-10)29-7-14(28)27-15(30)26-11-4-8(16(20,21)22)3-9(5-11)17(23,24)25/h1-6H,7H2,(H2,26,27,28,30). The fourth-order valence-electron chi connectivity index (χ4n) is 2.09. The molecule has 0 bridgehead atoms. The van der Waals surface area contributed by atoms with E-state index in [0.717, 1.165) is 0 Å². The van der Waals surface area contributed by atoms with E-state index in [0.29, 0.717) is 17.2 Å². The molecule has 4 nitrogen and oxygen atoms in total. The third-order valence-corrected chi connectivity index (χ3v) is 4.09. The van der Waals surface area contributed by atoms with Crippen molar-refractivity contribution in [2.24, 2.45) is 0 Å². The second-order valence-corrected chi connectivity index (χ2v) is 6.91. The molecule has 0 aliphatic heterocycles. The number of halogens is 8. The lowest BCUT2D eigenvalue weighted by Gasteiger charge is -2.16. The molecule has 0 fully saturated rings. The minimum Gasteiger partial charge on any atom is -0.482 e. The quantitative estimate of drug-likeness (QED) is 0.412. The van der Waals surface area contributed by atoms with Gasteiger partial charge < -0.3 is 10.1 Å². The molecule has 0 aromatic heterocycles. The van der Waals surface area contributed by atoms with Gasteiger partial charge in [-0.1, -0.05) is 23.2 Å². The Kier molecular flexibility index (Phi) is 7.43. The molecule has 0 atom stereocenters. The highest BCUT2D eigenvalue weighted by atomic mass is 35.5. The van der Waals surface area contributed by atoms with Gasteiger partial charge in [-0.05, 0) is 48.6 Å². The summed E-state index contributed by atoms with van der Waals surface area (Å²) >= 11 is 16.3. The third kappa shape index (κ3) is 6.92. The van der Waals surface area contributed by atoms with E-state index in [1.807, 2.05) is 0 Å². The molecule has 2 aromatic carbocycles. The van der Waals surface area contributed by atoms with Crippen LogP contribution in [-0.4, -0.2) is 17.6 Å². The van der Waals surface area contributed by atoms with Crippen LogP contribution in [0.2, 0.25) is 10.0 Å². The first-order chi connectivity index (χ1) is 13.8. The van der Waals surface area contributed by atoms with Crippen molar-refractivity contribution in [1.29, 1.82) is 0 Å². The van der Waals surface area contributed by atoms with Crippen molar-refractivity contribution < 1.29 is 35.9 Å². The van der Waals surface area contributed by atoms with E-state index in [2.05, 4.69) is 10.6 Å². The third-order valence-electron chi connectivity index (χ3n) is 3.35. The minimum atomic E-state index is -5.02. The number of nitrogens with one attached hydrogen (secondary N) is 2. The van der Waals surface area contributed by atoms with Crippen molar-refractivity contribution in [3.8, 4) is 5.75 Å². The van der Waals surface area contributed by atoms with Gasteiger partial charge in [-0.25, -0.2) is 0 Å². The summed E-state index contributed by atoms with van der Waals surface area (Å²) in [6.07, 6.45) is -10.0. The maximum atomic E-state index is 12.9. The number of rotatable bonds is 4. The van der Waals surface area contributed by atoms with E-state index < -0.39 is 46.8 Å². The molecule has 0 aliphatic carbocycles. The van der Waals surface area contributed by atoms with Crippen LogP contribution in [0.5, 0.6) is 5.75 Å². The van der Waals surface area contributed by atoms with Crippen LogP contribution in [0.25, 0.3) is 0 Å². The number of benzene rings is 2. The van der Waals surface area contributed by atoms with Crippen molar-refractivity contribution in [2.45, 2.75) is 12.4 Å². The van der Waals surface area contributed by atoms with Crippen LogP contribution in [0, 0.1) is 0 Å². The molecule has 0 radical (unpaired) electrons. The Morgan fingerprint density at radius 3 is 2.03 bits per heavy atom. The number of thiocarbonyl (C=S) groups is 1. The summed E-state index contributed by atoms with van der Waals surface area (Å²) in [5.74, 6) is -0.704. The van der Waals surface area contributed by atoms with Crippen LogP contribution in [0.3, 0.4) is 0 Å². The minimum absolute atomic E-state index is 0.0312. The summed E-state index contributed by atoms with van der Waals surface area (Å²) in [5, 5.41) is 4.12. The Bertz CT molecular complexity index is 934. The molecule has 2 aromatic rings. The average Bonchev–Trinajstić information content (AvgIpc) is 2.59. The maximum absolute atomic E-state index is 12.9. The molecule has 2 rings (SSSR count). The van der Waals surface area contributed by atoms with Gasteiger partial charge >= 0.3 is 12.4 Å². The Morgan fingerprint density at radius 2 is 1.53 bits per heavy atom. The van der Waals surface area contributed by atoms with Crippen LogP contribution >= 0.6 is 35.4 Å². The summed E-state index contributed by atoms with van der Waals surface area (Å²) in [5.41, 5.74) is -3.67. The van der Waals surface area contributed by atoms with E-state index in [-0.39, 0.29) is 16.8 Å². The lowest BCUT2D eigenvalue weighted by Crippen LogP contribution is -2.37. The van der Waals surface area contributed by atoms with E-state index >= 15 is 0 Å². The van der Waals surface area contributed by atoms with Gasteiger partial charge in [0.15, 0.2) is 11.7 Å². The Hall–Kier alpha value is -2.24. The van der Waals surface area contributed by atoms with Gasteiger partial charge in [-0.15, -0.1) is 0 Å². The molecule has 0 saturated carbocycles. The van der Waals surface area contributed by atoms with Gasteiger partial charge in [0, 0.05) is 10.7 Å². The van der Waals surface area contributed by atoms with Crippen LogP contribution < -0.4 is 15.4 Å². The summed E-state index contributed by atoms with van der Waals surface area (Å²) in [6.45, 7) is -0.584. The second kappa shape index (κ2) is 9.27. The van der Waals surface area contributed by atoms with E-state index in [4.69, 9.17) is 40.2 Å². The van der Waals surface area contributed by atoms with Crippen molar-refractivity contribution in [3.63, 3.8) is 0 Å². The second-order valence-electron chi connectivity index (χ2n) is 5.66. The van der Waals surface area contributed by atoms with E-state index in [9.17, 15) is 31.1 Å². The lowest BCUT2D eigenvalue weighted by molar-refractivity contribution is -0.143. The van der Waals surface area contributed by atoms with Gasteiger partial charge in [-0.3, -0.25) is 10.1 Å². The Labute approximate surface area is 181 Å². The summed E-state index contributed by atoms with van der Waals surface area (Å²) in [7, 11) is 0. The molecule has 162 valence electrons. The van der Waals surface area contributed by atoms with Crippen molar-refractivity contribution in [2.75, 3.05) is 11.9 Å². The van der Waals surface area contributed by atoms with Crippen LogP contribution in [0.15, 0.2) is 36.4 Å². The van der Waals surface area contributed by atoms with Gasteiger partial charge in [0.25, 0.3) is 5.91 Å². The molecule has 1 amide bonds. The topological polar surface area (TPSA) is 50.4 Å². The Morgan fingerprint density at radius 1 is 0.967 bits per heavy atom. The molecule has 0 aliphatic rings. The van der Waals surface area contributed by atoms with Crippen molar-refractivity contribution in [3.05, 3.63) is 57.6 Å². The van der Waals surface area contributed by atoms with Gasteiger partial charge in [0.1, 0.15) is 5.75 Å². The molecule has 30 heavy (non-hydrogen) atoms. The fraction of sp³-hybridized carbons (Fsp3) is 0.176. The zero-order valence-electron chi connectivity index (χ0n) is 14.4. The number of ether oxygens (including phenoxy) is 1. The number of carbonyl (C=O) groups excluding carboxylic acids is 1. The first-order valence-corrected chi connectivity index (χ1v) is 8.90. The maximum Gasteiger partial charge on any atom is 0.416 e. The zero-order chi connectivity index (χ0) is 22.7. The molecule has 0 saturated heterocycles. The first-order valence-electron chi connectivity index (χ1n) is 7.74. The molecule has 0 unspecified atom stereocenters. The highest BCUT2D eigenvalue weighted by Crippen LogP contribution is 2.37. The van der Waals surface area contributed by atoms with Crippen LogP contribution in [0.4, 0.5) is 32.0 Å². The molecule has 13 heteroatoms. The first kappa shape index (κ1) is 24.0. The lowest BCUT2D eigenvalue weighted by atomic mass is 10.1. The number of amides is 1. The van der Waals surface area contributed by atoms with Gasteiger partial charge in [0.05, 0.1) is 16.1 Å². The molecular weight excluding hydrogens is 481 g/mol. The molecule has 2 N–H and O–H groups in total. The van der Waals surface area contributed by atoms with Crippen LogP contribution in [0.1, 0.15) is 11.1 Å². The fourth-order valence-corrected chi connectivity index (χ4v) is 2.78. The van der Waals surface area contributed by atoms with Crippen molar-refractivity contribution in [1.82, 2.24) is 5.32 Å². The largest absolute Gasteiger partial charge is 0.482 e. The normalized spacial score (nSPS) is 11.7. The number of hydrogen-bond acceptors (Lipinski definition) is 3. The number of hydrogen-bond donors (Lipinski definition) is 2. The number of carbonyl (C=O) groups is 1. The SMILES string of the molecule is O=C(COc1ccc(Cl)cc1Cl)NC(=S)Nc1cc(C(F)(F)F)cc(C(F)(F)F)c1. The van der Waals surface area contributed by atoms with E-state index in [1.54, 1.807) is 0 Å².